The number of para-hydroxylation sites is 1. The van der Waals surface area contributed by atoms with E-state index in [0.29, 0.717) is 36.1 Å². The van der Waals surface area contributed by atoms with E-state index in [1.165, 1.54) is 0 Å². The lowest BCUT2D eigenvalue weighted by Gasteiger charge is -2.22. The second kappa shape index (κ2) is 11.2. The van der Waals surface area contributed by atoms with Gasteiger partial charge in [-0.2, -0.15) is 5.26 Å². The fourth-order valence-corrected chi connectivity index (χ4v) is 3.12. The Bertz CT molecular complexity index is 962. The van der Waals surface area contributed by atoms with Crippen LogP contribution in [0.1, 0.15) is 37.8 Å². The summed E-state index contributed by atoms with van der Waals surface area (Å²) < 4.78 is 11.4. The van der Waals surface area contributed by atoms with Gasteiger partial charge < -0.3 is 20.1 Å². The van der Waals surface area contributed by atoms with Crippen molar-refractivity contribution in [2.24, 2.45) is 5.92 Å². The SMILES string of the molecule is CC(C)C(Oc1ccccc1C#N)C(=O)NCCc1ccc(OCC(=O)NC2CC2)cc1. The van der Waals surface area contributed by atoms with Crippen LogP contribution in [0.3, 0.4) is 0 Å². The molecule has 1 aliphatic rings. The van der Waals surface area contributed by atoms with Crippen LogP contribution >= 0.6 is 0 Å². The van der Waals surface area contributed by atoms with Gasteiger partial charge in [-0.3, -0.25) is 9.59 Å². The van der Waals surface area contributed by atoms with Crippen molar-refractivity contribution < 1.29 is 19.1 Å². The van der Waals surface area contributed by atoms with Crippen LogP contribution in [0, 0.1) is 17.2 Å². The van der Waals surface area contributed by atoms with Gasteiger partial charge in [0.05, 0.1) is 5.56 Å². The monoisotopic (exact) mass is 435 g/mol. The van der Waals surface area contributed by atoms with E-state index in [1.54, 1.807) is 24.3 Å². The maximum Gasteiger partial charge on any atom is 0.261 e. The standard InChI is InChI=1S/C25H29N3O4/c1-17(2)24(32-22-6-4-3-5-19(22)15-26)25(30)27-14-13-18-7-11-21(12-8-18)31-16-23(29)28-20-9-10-20/h3-8,11-12,17,20,24H,9-10,13-14,16H2,1-2H3,(H,27,30)(H,28,29). The second-order valence-corrected chi connectivity index (χ2v) is 8.21. The summed E-state index contributed by atoms with van der Waals surface area (Å²) in [5, 5.41) is 15.0. The molecule has 32 heavy (non-hydrogen) atoms. The zero-order valence-corrected chi connectivity index (χ0v) is 18.5. The molecule has 2 N–H and O–H groups in total. The second-order valence-electron chi connectivity index (χ2n) is 8.21. The largest absolute Gasteiger partial charge is 0.484 e. The molecule has 1 unspecified atom stereocenters. The summed E-state index contributed by atoms with van der Waals surface area (Å²) in [6.07, 6.45) is 2.05. The molecule has 7 heteroatoms. The lowest BCUT2D eigenvalue weighted by Crippen LogP contribution is -2.42. The maximum absolute atomic E-state index is 12.7. The molecule has 1 aliphatic carbocycles. The fraction of sp³-hybridized carbons (Fsp3) is 0.400. The lowest BCUT2D eigenvalue weighted by molar-refractivity contribution is -0.129. The number of rotatable bonds is 11. The van der Waals surface area contributed by atoms with Gasteiger partial charge in [-0.25, -0.2) is 0 Å². The third kappa shape index (κ3) is 7.02. The minimum absolute atomic E-state index is 0.0113. The van der Waals surface area contributed by atoms with Gasteiger partial charge in [-0.05, 0) is 55.0 Å². The van der Waals surface area contributed by atoms with Crippen LogP contribution in [0.4, 0.5) is 0 Å². The lowest BCUT2D eigenvalue weighted by atomic mass is 10.1. The van der Waals surface area contributed by atoms with Crippen molar-refractivity contribution >= 4 is 11.8 Å². The Morgan fingerprint density at radius 2 is 1.84 bits per heavy atom. The molecule has 7 nitrogen and oxygen atoms in total. The van der Waals surface area contributed by atoms with Crippen LogP contribution in [-0.2, 0) is 16.0 Å². The van der Waals surface area contributed by atoms with Crippen molar-refractivity contribution in [3.8, 4) is 17.6 Å². The Hall–Kier alpha value is -3.53. The molecule has 0 aliphatic heterocycles. The maximum atomic E-state index is 12.7. The first-order valence-electron chi connectivity index (χ1n) is 10.9. The van der Waals surface area contributed by atoms with E-state index < -0.39 is 6.10 Å². The number of nitriles is 1. The molecule has 1 fully saturated rings. The highest BCUT2D eigenvalue weighted by atomic mass is 16.5. The van der Waals surface area contributed by atoms with Gasteiger partial charge in [-0.15, -0.1) is 0 Å². The third-order valence-corrected chi connectivity index (χ3v) is 5.07. The quantitative estimate of drug-likeness (QED) is 0.565. The van der Waals surface area contributed by atoms with Gasteiger partial charge in [0.15, 0.2) is 12.7 Å². The van der Waals surface area contributed by atoms with Gasteiger partial charge in [0, 0.05) is 12.6 Å². The molecule has 2 aromatic rings. The number of benzene rings is 2. The predicted octanol–water partition coefficient (Wildman–Crippen LogP) is 2.98. The molecule has 1 atom stereocenters. The number of nitrogens with zero attached hydrogens (tertiary/aromatic N) is 1. The Balaban J connectivity index is 1.45. The van der Waals surface area contributed by atoms with Crippen LogP contribution in [0.2, 0.25) is 0 Å². The van der Waals surface area contributed by atoms with Gasteiger partial charge in [0.25, 0.3) is 11.8 Å². The van der Waals surface area contributed by atoms with Crippen molar-refractivity contribution in [1.82, 2.24) is 10.6 Å². The summed E-state index contributed by atoms with van der Waals surface area (Å²) >= 11 is 0. The third-order valence-electron chi connectivity index (χ3n) is 5.07. The van der Waals surface area contributed by atoms with Gasteiger partial charge in [0.2, 0.25) is 0 Å². The summed E-state index contributed by atoms with van der Waals surface area (Å²) in [6.45, 7) is 4.28. The van der Waals surface area contributed by atoms with Crippen LogP contribution in [0.15, 0.2) is 48.5 Å². The number of hydrogen-bond donors (Lipinski definition) is 2. The van der Waals surface area contributed by atoms with Crippen molar-refractivity contribution in [2.75, 3.05) is 13.2 Å². The van der Waals surface area contributed by atoms with Crippen LogP contribution in [-0.4, -0.2) is 37.1 Å². The first kappa shape index (κ1) is 23.1. The highest BCUT2D eigenvalue weighted by molar-refractivity contribution is 5.81. The van der Waals surface area contributed by atoms with E-state index in [4.69, 9.17) is 9.47 Å². The molecule has 0 bridgehead atoms. The fourth-order valence-electron chi connectivity index (χ4n) is 3.12. The number of carbonyl (C=O) groups excluding carboxylic acids is 2. The van der Waals surface area contributed by atoms with E-state index in [1.807, 2.05) is 38.1 Å². The number of nitrogens with one attached hydrogen (secondary N) is 2. The van der Waals surface area contributed by atoms with E-state index in [0.717, 1.165) is 18.4 Å². The van der Waals surface area contributed by atoms with Crippen molar-refractivity contribution in [2.45, 2.75) is 45.3 Å². The highest BCUT2D eigenvalue weighted by Crippen LogP contribution is 2.21. The summed E-state index contributed by atoms with van der Waals surface area (Å²) in [7, 11) is 0. The van der Waals surface area contributed by atoms with E-state index in [9.17, 15) is 14.9 Å². The Labute approximate surface area is 188 Å². The molecule has 0 spiro atoms. The van der Waals surface area contributed by atoms with Gasteiger partial charge in [-0.1, -0.05) is 38.1 Å². The Morgan fingerprint density at radius 1 is 1.12 bits per heavy atom. The van der Waals surface area contributed by atoms with E-state index in [2.05, 4.69) is 16.7 Å². The van der Waals surface area contributed by atoms with Crippen LogP contribution in [0.25, 0.3) is 0 Å². The minimum Gasteiger partial charge on any atom is -0.484 e. The van der Waals surface area contributed by atoms with E-state index >= 15 is 0 Å². The van der Waals surface area contributed by atoms with Crippen LogP contribution in [0.5, 0.6) is 11.5 Å². The normalized spacial score (nSPS) is 13.7. The zero-order valence-electron chi connectivity index (χ0n) is 18.5. The molecular weight excluding hydrogens is 406 g/mol. The highest BCUT2D eigenvalue weighted by Gasteiger charge is 2.25. The van der Waals surface area contributed by atoms with Crippen molar-refractivity contribution in [3.63, 3.8) is 0 Å². The summed E-state index contributed by atoms with van der Waals surface area (Å²) in [5.41, 5.74) is 1.44. The van der Waals surface area contributed by atoms with Gasteiger partial charge >= 0.3 is 0 Å². The van der Waals surface area contributed by atoms with Crippen LogP contribution < -0.4 is 20.1 Å². The van der Waals surface area contributed by atoms with Gasteiger partial charge in [0.1, 0.15) is 17.6 Å². The molecule has 0 radical (unpaired) electrons. The van der Waals surface area contributed by atoms with E-state index in [-0.39, 0.29) is 24.3 Å². The van der Waals surface area contributed by atoms with Crippen molar-refractivity contribution in [1.29, 1.82) is 5.26 Å². The summed E-state index contributed by atoms with van der Waals surface area (Å²) in [6, 6.07) is 16.8. The smallest absolute Gasteiger partial charge is 0.261 e. The number of carbonyl (C=O) groups is 2. The summed E-state index contributed by atoms with van der Waals surface area (Å²) in [4.78, 5) is 24.4. The average Bonchev–Trinajstić information content (AvgIpc) is 3.60. The molecule has 2 aromatic carbocycles. The molecule has 1 saturated carbocycles. The first-order valence-corrected chi connectivity index (χ1v) is 10.9. The molecule has 168 valence electrons. The minimum atomic E-state index is -0.693. The first-order chi connectivity index (χ1) is 15.5. The molecular formula is C25H29N3O4. The number of ether oxygens (including phenoxy) is 2. The Kier molecular flexibility index (Phi) is 8.09. The number of amides is 2. The molecule has 0 heterocycles. The Morgan fingerprint density at radius 3 is 2.50 bits per heavy atom. The molecule has 3 rings (SSSR count). The number of hydrogen-bond acceptors (Lipinski definition) is 5. The summed E-state index contributed by atoms with van der Waals surface area (Å²) in [5.74, 6) is 0.668. The zero-order chi connectivity index (χ0) is 22.9. The molecule has 2 amide bonds. The topological polar surface area (TPSA) is 100 Å². The molecule has 0 saturated heterocycles. The average molecular weight is 436 g/mol. The predicted molar refractivity (Wildman–Crippen MR) is 120 cm³/mol. The van der Waals surface area contributed by atoms with Crippen molar-refractivity contribution in [3.05, 3.63) is 59.7 Å². The molecule has 0 aromatic heterocycles.